The van der Waals surface area contributed by atoms with Crippen molar-refractivity contribution in [3.8, 4) is 0 Å². The first kappa shape index (κ1) is 20.7. The first-order valence-electron chi connectivity index (χ1n) is 8.77. The molecule has 0 unspecified atom stereocenters. The normalized spacial score (nSPS) is 16.5. The van der Waals surface area contributed by atoms with E-state index in [1.54, 1.807) is 30.5 Å². The van der Waals surface area contributed by atoms with Crippen molar-refractivity contribution >= 4 is 38.1 Å². The number of nitrogens with one attached hydrogen (secondary N) is 1. The number of rotatable bonds is 6. The van der Waals surface area contributed by atoms with E-state index in [1.165, 1.54) is 4.31 Å². The topological polar surface area (TPSA) is 87.0 Å². The summed E-state index contributed by atoms with van der Waals surface area (Å²) in [7, 11) is -1.62. The molecule has 1 fully saturated rings. The maximum absolute atomic E-state index is 12.7. The van der Waals surface area contributed by atoms with Crippen LogP contribution in [-0.4, -0.2) is 67.0 Å². The van der Waals surface area contributed by atoms with Gasteiger partial charge in [0.2, 0.25) is 10.0 Å². The molecule has 0 saturated carbocycles. The number of halogens is 1. The van der Waals surface area contributed by atoms with E-state index in [-0.39, 0.29) is 17.3 Å². The van der Waals surface area contributed by atoms with Gasteiger partial charge in [-0.25, -0.2) is 13.8 Å². The quantitative estimate of drug-likeness (QED) is 0.511. The maximum atomic E-state index is 12.7. The molecule has 1 aromatic carbocycles. The van der Waals surface area contributed by atoms with Gasteiger partial charge in [-0.2, -0.15) is 9.41 Å². The lowest BCUT2D eigenvalue weighted by atomic mass is 10.3. The minimum absolute atomic E-state index is 0.177. The molecule has 2 aromatic rings. The molecule has 1 saturated heterocycles. The summed E-state index contributed by atoms with van der Waals surface area (Å²) in [5.74, 6) is -0.227. The second kappa shape index (κ2) is 8.99. The van der Waals surface area contributed by atoms with Gasteiger partial charge < -0.3 is 4.57 Å². The van der Waals surface area contributed by atoms with Gasteiger partial charge in [-0.05, 0) is 36.4 Å². The van der Waals surface area contributed by atoms with E-state index in [1.807, 2.05) is 34.8 Å². The Morgan fingerprint density at radius 2 is 1.86 bits per heavy atom. The number of sulfonamides is 1. The molecule has 1 aliphatic heterocycles. The number of hydrazone groups is 1. The van der Waals surface area contributed by atoms with E-state index in [0.717, 1.165) is 10.2 Å². The highest BCUT2D eigenvalue weighted by Crippen LogP contribution is 2.20. The predicted octanol–water partition coefficient (Wildman–Crippen LogP) is 1.24. The molecular weight excluding hydrogens is 446 g/mol. The maximum Gasteiger partial charge on any atom is 0.254 e. The van der Waals surface area contributed by atoms with Gasteiger partial charge in [0.05, 0.1) is 23.3 Å². The number of carbonyl (C=O) groups is 1. The molecule has 8 nitrogen and oxygen atoms in total. The van der Waals surface area contributed by atoms with Crippen molar-refractivity contribution in [3.05, 3.63) is 52.8 Å². The van der Waals surface area contributed by atoms with Crippen LogP contribution in [0.2, 0.25) is 0 Å². The van der Waals surface area contributed by atoms with E-state index in [2.05, 4.69) is 26.5 Å². The molecular formula is C18H22BrN5O3S. The van der Waals surface area contributed by atoms with Crippen LogP contribution >= 0.6 is 15.9 Å². The molecule has 0 bridgehead atoms. The van der Waals surface area contributed by atoms with Gasteiger partial charge in [0, 0.05) is 43.9 Å². The van der Waals surface area contributed by atoms with Gasteiger partial charge in [-0.3, -0.25) is 9.69 Å². The van der Waals surface area contributed by atoms with Crippen LogP contribution in [0.3, 0.4) is 0 Å². The van der Waals surface area contributed by atoms with Crippen LogP contribution in [0.4, 0.5) is 0 Å². The van der Waals surface area contributed by atoms with Crippen molar-refractivity contribution in [2.45, 2.75) is 4.90 Å². The highest BCUT2D eigenvalue weighted by Gasteiger charge is 2.28. The van der Waals surface area contributed by atoms with Crippen LogP contribution in [0.15, 0.2) is 57.1 Å². The Balaban J connectivity index is 1.48. The van der Waals surface area contributed by atoms with Gasteiger partial charge >= 0.3 is 0 Å². The SMILES string of the molecule is Cn1cccc1/C=N\NC(=O)CN1CCN(S(=O)(=O)c2ccc(Br)cc2)CC1. The summed E-state index contributed by atoms with van der Waals surface area (Å²) >= 11 is 3.31. The third-order valence-electron chi connectivity index (χ3n) is 4.52. The standard InChI is InChI=1S/C18H22BrN5O3S/c1-22-8-2-3-16(22)13-20-21-18(25)14-23-9-11-24(12-10-23)28(26,27)17-6-4-15(19)5-7-17/h2-8,13H,9-12,14H2,1H3,(H,21,25)/b20-13-. The number of benzene rings is 1. The van der Waals surface area contributed by atoms with E-state index in [9.17, 15) is 13.2 Å². The summed E-state index contributed by atoms with van der Waals surface area (Å²) in [4.78, 5) is 14.2. The second-order valence-corrected chi connectivity index (χ2v) is 9.32. The Hall–Kier alpha value is -2.01. The van der Waals surface area contributed by atoms with Crippen molar-refractivity contribution in [1.82, 2.24) is 19.2 Å². The minimum atomic E-state index is -3.51. The fourth-order valence-corrected chi connectivity index (χ4v) is 4.59. The third-order valence-corrected chi connectivity index (χ3v) is 6.96. The summed E-state index contributed by atoms with van der Waals surface area (Å²) in [6.45, 7) is 1.85. The number of nitrogens with zero attached hydrogens (tertiary/aromatic N) is 4. The lowest BCUT2D eigenvalue weighted by molar-refractivity contribution is -0.122. The molecule has 2 heterocycles. The first-order valence-corrected chi connectivity index (χ1v) is 11.0. The Bertz CT molecular complexity index is 948. The van der Waals surface area contributed by atoms with Crippen LogP contribution in [0, 0.1) is 0 Å². The summed E-state index contributed by atoms with van der Waals surface area (Å²) in [6.07, 6.45) is 3.48. The number of piperazine rings is 1. The second-order valence-electron chi connectivity index (χ2n) is 6.47. The molecule has 0 aliphatic carbocycles. The van der Waals surface area contributed by atoms with Crippen molar-refractivity contribution in [2.75, 3.05) is 32.7 Å². The van der Waals surface area contributed by atoms with Gasteiger partial charge in [0.15, 0.2) is 0 Å². The lowest BCUT2D eigenvalue weighted by Gasteiger charge is -2.33. The van der Waals surface area contributed by atoms with Crippen molar-refractivity contribution in [1.29, 1.82) is 0 Å². The third kappa shape index (κ3) is 5.07. The van der Waals surface area contributed by atoms with Gasteiger partial charge in [-0.15, -0.1) is 0 Å². The van der Waals surface area contributed by atoms with E-state index < -0.39 is 10.0 Å². The highest BCUT2D eigenvalue weighted by molar-refractivity contribution is 9.10. The number of aromatic nitrogens is 1. The predicted molar refractivity (Wildman–Crippen MR) is 110 cm³/mol. The molecule has 1 N–H and O–H groups in total. The van der Waals surface area contributed by atoms with Crippen LogP contribution < -0.4 is 5.43 Å². The molecule has 150 valence electrons. The van der Waals surface area contributed by atoms with E-state index in [0.29, 0.717) is 26.2 Å². The van der Waals surface area contributed by atoms with Crippen molar-refractivity contribution in [3.63, 3.8) is 0 Å². The summed E-state index contributed by atoms with van der Waals surface area (Å²) < 4.78 is 29.6. The largest absolute Gasteiger partial charge is 0.350 e. The van der Waals surface area contributed by atoms with Crippen molar-refractivity contribution in [2.24, 2.45) is 12.1 Å². The molecule has 1 amide bonds. The fourth-order valence-electron chi connectivity index (χ4n) is 2.90. The number of hydrogen-bond acceptors (Lipinski definition) is 5. The van der Waals surface area contributed by atoms with Crippen LogP contribution in [0.5, 0.6) is 0 Å². The molecule has 0 spiro atoms. The van der Waals surface area contributed by atoms with Crippen LogP contribution in [0.1, 0.15) is 5.69 Å². The Morgan fingerprint density at radius 3 is 2.46 bits per heavy atom. The molecule has 1 aromatic heterocycles. The van der Waals surface area contributed by atoms with Gasteiger partial charge in [0.25, 0.3) is 5.91 Å². The first-order chi connectivity index (χ1) is 13.4. The molecule has 3 rings (SSSR count). The fraction of sp³-hybridized carbons (Fsp3) is 0.333. The summed E-state index contributed by atoms with van der Waals surface area (Å²) in [6, 6.07) is 10.4. The Labute approximate surface area is 173 Å². The van der Waals surface area contributed by atoms with Gasteiger partial charge in [0.1, 0.15) is 0 Å². The smallest absolute Gasteiger partial charge is 0.254 e. The molecule has 0 radical (unpaired) electrons. The zero-order chi connectivity index (χ0) is 20.1. The van der Waals surface area contributed by atoms with E-state index in [4.69, 9.17) is 0 Å². The molecule has 0 atom stereocenters. The lowest BCUT2D eigenvalue weighted by Crippen LogP contribution is -2.50. The van der Waals surface area contributed by atoms with E-state index >= 15 is 0 Å². The zero-order valence-electron chi connectivity index (χ0n) is 15.5. The molecule has 1 aliphatic rings. The Morgan fingerprint density at radius 1 is 1.18 bits per heavy atom. The van der Waals surface area contributed by atoms with Crippen LogP contribution in [0.25, 0.3) is 0 Å². The summed E-state index contributed by atoms with van der Waals surface area (Å²) in [5, 5.41) is 3.96. The Kier molecular flexibility index (Phi) is 6.65. The number of carbonyl (C=O) groups excluding carboxylic acids is 1. The van der Waals surface area contributed by atoms with Gasteiger partial charge in [-0.1, -0.05) is 15.9 Å². The van der Waals surface area contributed by atoms with Crippen molar-refractivity contribution < 1.29 is 13.2 Å². The monoisotopic (exact) mass is 467 g/mol. The average molecular weight is 468 g/mol. The number of hydrogen-bond donors (Lipinski definition) is 1. The van der Waals surface area contributed by atoms with Crippen LogP contribution in [-0.2, 0) is 21.9 Å². The minimum Gasteiger partial charge on any atom is -0.350 e. The average Bonchev–Trinajstić information content (AvgIpc) is 3.07. The highest BCUT2D eigenvalue weighted by atomic mass is 79.9. The number of amides is 1. The molecule has 28 heavy (non-hydrogen) atoms. The number of aryl methyl sites for hydroxylation is 1. The zero-order valence-corrected chi connectivity index (χ0v) is 17.9. The summed E-state index contributed by atoms with van der Waals surface area (Å²) in [5.41, 5.74) is 3.39. The molecule has 10 heteroatoms.